The van der Waals surface area contributed by atoms with Gasteiger partial charge in [0.25, 0.3) is 0 Å². The molecule has 0 fully saturated rings. The summed E-state index contributed by atoms with van der Waals surface area (Å²) >= 11 is 12.1. The zero-order valence-electron chi connectivity index (χ0n) is 13.8. The van der Waals surface area contributed by atoms with Crippen LogP contribution in [0.1, 0.15) is 18.3 Å². The molecule has 0 N–H and O–H groups in total. The molecule has 0 bridgehead atoms. The third kappa shape index (κ3) is 4.73. The van der Waals surface area contributed by atoms with Gasteiger partial charge in [0.1, 0.15) is 12.1 Å². The Labute approximate surface area is 152 Å². The summed E-state index contributed by atoms with van der Waals surface area (Å²) in [5.74, 6) is 0.774. The smallest absolute Gasteiger partial charge is 0.145 e. The molecule has 2 aromatic rings. The number of carbonyl (C=O) groups is 1. The number of nitrogens with zero attached hydrogens (tertiary/aromatic N) is 3. The highest BCUT2D eigenvalue weighted by atomic mass is 35.5. The van der Waals surface area contributed by atoms with Crippen LogP contribution in [0.5, 0.6) is 0 Å². The Hall–Kier alpha value is -2.04. The van der Waals surface area contributed by atoms with E-state index in [1.165, 1.54) is 0 Å². The van der Waals surface area contributed by atoms with Gasteiger partial charge < -0.3 is 9.47 Å². The maximum atomic E-state index is 11.0. The van der Waals surface area contributed by atoms with Crippen molar-refractivity contribution in [2.75, 3.05) is 14.1 Å². The molecule has 24 heavy (non-hydrogen) atoms. The van der Waals surface area contributed by atoms with Gasteiger partial charge in [-0.05, 0) is 36.3 Å². The molecule has 0 aliphatic carbocycles. The first kappa shape index (κ1) is 18.3. The molecule has 0 unspecified atom stereocenters. The van der Waals surface area contributed by atoms with E-state index in [1.54, 1.807) is 19.2 Å². The molecule has 0 spiro atoms. The van der Waals surface area contributed by atoms with Crippen LogP contribution in [0.2, 0.25) is 10.0 Å². The molecule has 6 heteroatoms. The predicted octanol–water partition coefficient (Wildman–Crippen LogP) is 4.29. The Bertz CT molecular complexity index is 791. The summed E-state index contributed by atoms with van der Waals surface area (Å²) in [5, 5.41) is 1.06. The van der Waals surface area contributed by atoms with Crippen LogP contribution in [-0.2, 0) is 11.3 Å². The molecular formula is C18H19Cl2N3O. The molecule has 0 amide bonds. The Balaban J connectivity index is 2.39. The van der Waals surface area contributed by atoms with E-state index >= 15 is 0 Å². The molecule has 0 atom stereocenters. The number of imidazole rings is 1. The minimum atomic E-state index is 0.525. The molecule has 0 saturated heterocycles. The van der Waals surface area contributed by atoms with Crippen LogP contribution in [-0.4, -0.2) is 34.8 Å². The Morgan fingerprint density at radius 1 is 1.29 bits per heavy atom. The fourth-order valence-corrected chi connectivity index (χ4v) is 2.57. The molecule has 2 rings (SSSR count). The fourth-order valence-electron chi connectivity index (χ4n) is 2.25. The molecule has 1 aromatic heterocycles. The molecule has 0 aliphatic rings. The van der Waals surface area contributed by atoms with E-state index in [0.717, 1.165) is 23.2 Å². The normalized spacial score (nSPS) is 12.4. The zero-order valence-corrected chi connectivity index (χ0v) is 15.3. The lowest BCUT2D eigenvalue weighted by molar-refractivity contribution is -0.104. The van der Waals surface area contributed by atoms with Crippen molar-refractivity contribution in [2.24, 2.45) is 0 Å². The standard InChI is InChI=1S/C18H19Cl2N3O/c1-13(12-24)8-15(11-22(2)3)18-21-6-7-23(18)10-14-4-5-16(19)17(20)9-14/h4-9,11-12H,10H2,1-3H3/b13-8-,15-11+. The van der Waals surface area contributed by atoms with Crippen LogP contribution in [0, 0.1) is 0 Å². The van der Waals surface area contributed by atoms with Gasteiger partial charge in [-0.2, -0.15) is 0 Å². The van der Waals surface area contributed by atoms with E-state index in [-0.39, 0.29) is 0 Å². The maximum absolute atomic E-state index is 11.0. The van der Waals surface area contributed by atoms with Crippen molar-refractivity contribution in [3.05, 3.63) is 69.9 Å². The van der Waals surface area contributed by atoms with E-state index in [4.69, 9.17) is 23.2 Å². The van der Waals surface area contributed by atoms with E-state index in [1.807, 2.05) is 54.2 Å². The van der Waals surface area contributed by atoms with Crippen molar-refractivity contribution in [2.45, 2.75) is 13.5 Å². The third-order valence-electron chi connectivity index (χ3n) is 3.28. The lowest BCUT2D eigenvalue weighted by Gasteiger charge is -2.12. The average molecular weight is 364 g/mol. The van der Waals surface area contributed by atoms with Gasteiger partial charge in [-0.3, -0.25) is 4.79 Å². The second-order valence-electron chi connectivity index (χ2n) is 5.68. The zero-order chi connectivity index (χ0) is 17.7. The summed E-state index contributed by atoms with van der Waals surface area (Å²) < 4.78 is 2.00. The van der Waals surface area contributed by atoms with Crippen LogP contribution in [0.3, 0.4) is 0 Å². The van der Waals surface area contributed by atoms with Crippen LogP contribution in [0.4, 0.5) is 0 Å². The van der Waals surface area contributed by atoms with Crippen LogP contribution < -0.4 is 0 Å². The van der Waals surface area contributed by atoms with Gasteiger partial charge in [-0.15, -0.1) is 0 Å². The van der Waals surface area contributed by atoms with Crippen molar-refractivity contribution in [1.29, 1.82) is 0 Å². The molecule has 0 saturated carbocycles. The number of aromatic nitrogens is 2. The number of halogens is 2. The lowest BCUT2D eigenvalue weighted by Crippen LogP contribution is -2.07. The van der Waals surface area contributed by atoms with Gasteiger partial charge >= 0.3 is 0 Å². The van der Waals surface area contributed by atoms with Gasteiger partial charge in [-0.25, -0.2) is 4.98 Å². The quantitative estimate of drug-likeness (QED) is 0.436. The number of aldehydes is 1. The van der Waals surface area contributed by atoms with Crippen molar-refractivity contribution < 1.29 is 4.79 Å². The minimum Gasteiger partial charge on any atom is -0.383 e. The Morgan fingerprint density at radius 2 is 2.04 bits per heavy atom. The van der Waals surface area contributed by atoms with Crippen molar-refractivity contribution in [1.82, 2.24) is 14.5 Å². The van der Waals surface area contributed by atoms with Crippen LogP contribution in [0.25, 0.3) is 5.57 Å². The third-order valence-corrected chi connectivity index (χ3v) is 4.02. The molecule has 1 aromatic carbocycles. The summed E-state index contributed by atoms with van der Waals surface area (Å²) in [7, 11) is 3.85. The molecule has 0 radical (unpaired) electrons. The predicted molar refractivity (Wildman–Crippen MR) is 99.3 cm³/mol. The summed E-state index contributed by atoms with van der Waals surface area (Å²) in [6.07, 6.45) is 8.21. The van der Waals surface area contributed by atoms with Gasteiger partial charge in [0.15, 0.2) is 0 Å². The van der Waals surface area contributed by atoms with Crippen molar-refractivity contribution in [3.8, 4) is 0 Å². The fraction of sp³-hybridized carbons (Fsp3) is 0.222. The first-order valence-electron chi connectivity index (χ1n) is 7.38. The van der Waals surface area contributed by atoms with Gasteiger partial charge in [-0.1, -0.05) is 29.3 Å². The molecule has 126 valence electrons. The van der Waals surface area contributed by atoms with Gasteiger partial charge in [0.05, 0.1) is 10.0 Å². The largest absolute Gasteiger partial charge is 0.383 e. The van der Waals surface area contributed by atoms with E-state index in [2.05, 4.69) is 4.98 Å². The summed E-state index contributed by atoms with van der Waals surface area (Å²) in [5.41, 5.74) is 2.51. The van der Waals surface area contributed by atoms with Gasteiger partial charge in [0.2, 0.25) is 0 Å². The second kappa shape index (κ2) is 8.18. The topological polar surface area (TPSA) is 38.1 Å². The lowest BCUT2D eigenvalue weighted by atomic mass is 10.1. The minimum absolute atomic E-state index is 0.525. The van der Waals surface area contributed by atoms with E-state index < -0.39 is 0 Å². The van der Waals surface area contributed by atoms with Crippen molar-refractivity contribution >= 4 is 35.1 Å². The summed E-state index contributed by atoms with van der Waals surface area (Å²) in [6.45, 7) is 2.37. The first-order chi connectivity index (χ1) is 11.4. The molecule has 4 nitrogen and oxygen atoms in total. The monoisotopic (exact) mass is 363 g/mol. The van der Waals surface area contributed by atoms with E-state index in [9.17, 15) is 4.79 Å². The van der Waals surface area contributed by atoms with Crippen molar-refractivity contribution in [3.63, 3.8) is 0 Å². The summed E-state index contributed by atoms with van der Waals surface area (Å²) in [6, 6.07) is 5.55. The Kier molecular flexibility index (Phi) is 6.23. The number of carbonyl (C=O) groups excluding carboxylic acids is 1. The summed E-state index contributed by atoms with van der Waals surface area (Å²) in [4.78, 5) is 17.3. The molecule has 0 aliphatic heterocycles. The number of benzene rings is 1. The van der Waals surface area contributed by atoms with Crippen LogP contribution in [0.15, 0.2) is 48.4 Å². The average Bonchev–Trinajstić information content (AvgIpc) is 2.97. The highest BCUT2D eigenvalue weighted by Gasteiger charge is 2.10. The highest BCUT2D eigenvalue weighted by Crippen LogP contribution is 2.24. The number of hydrogen-bond donors (Lipinski definition) is 0. The van der Waals surface area contributed by atoms with E-state index in [0.29, 0.717) is 22.2 Å². The number of allylic oxidation sites excluding steroid dienone is 3. The molecule has 1 heterocycles. The number of hydrogen-bond acceptors (Lipinski definition) is 3. The molecular weight excluding hydrogens is 345 g/mol. The van der Waals surface area contributed by atoms with Crippen LogP contribution >= 0.6 is 23.2 Å². The second-order valence-corrected chi connectivity index (χ2v) is 6.50. The Morgan fingerprint density at radius 3 is 2.67 bits per heavy atom. The SMILES string of the molecule is C/C(C=O)=C/C(=C\N(C)C)c1nccn1Cc1ccc(Cl)c(Cl)c1. The van der Waals surface area contributed by atoms with Gasteiger partial charge in [0, 0.05) is 44.8 Å². The number of rotatable bonds is 6. The highest BCUT2D eigenvalue weighted by molar-refractivity contribution is 6.42. The first-order valence-corrected chi connectivity index (χ1v) is 8.13. The maximum Gasteiger partial charge on any atom is 0.145 e.